The Labute approximate surface area is 75.6 Å². The minimum Gasteiger partial charge on any atom is -0.299 e. The Morgan fingerprint density at radius 2 is 2.31 bits per heavy atom. The monoisotopic (exact) mass is 185 g/mol. The molecule has 2 N–H and O–H groups in total. The zero-order valence-electron chi connectivity index (χ0n) is 7.54. The summed E-state index contributed by atoms with van der Waals surface area (Å²) in [5.41, 5.74) is -0.299. The van der Waals surface area contributed by atoms with Crippen LogP contribution in [-0.2, 0) is 11.7 Å². The first-order valence-electron chi connectivity index (χ1n) is 4.12. The standard InChI is InChI=1S/C7H13N4O2/c1-11(3-2-4-12)5-6-8-7(13)10-9-6/h2-5H2,1H3,(H2,8,9,10,13). The van der Waals surface area contributed by atoms with E-state index in [2.05, 4.69) is 15.2 Å². The van der Waals surface area contributed by atoms with Crippen LogP contribution < -0.4 is 5.69 Å². The molecule has 6 nitrogen and oxygen atoms in total. The Morgan fingerprint density at radius 1 is 1.54 bits per heavy atom. The lowest BCUT2D eigenvalue weighted by molar-refractivity contribution is 0.171. The molecule has 1 heterocycles. The lowest BCUT2D eigenvalue weighted by atomic mass is 10.4. The molecular weight excluding hydrogens is 172 g/mol. The van der Waals surface area contributed by atoms with Crippen LogP contribution in [-0.4, -0.2) is 40.3 Å². The first kappa shape index (κ1) is 9.94. The van der Waals surface area contributed by atoms with Crippen molar-refractivity contribution in [2.75, 3.05) is 20.2 Å². The summed E-state index contributed by atoms with van der Waals surface area (Å²) < 4.78 is 0. The second-order valence-corrected chi connectivity index (χ2v) is 2.92. The van der Waals surface area contributed by atoms with Crippen LogP contribution in [0.15, 0.2) is 4.79 Å². The highest BCUT2D eigenvalue weighted by atomic mass is 16.3. The lowest BCUT2D eigenvalue weighted by Gasteiger charge is -2.12. The predicted octanol–water partition coefficient (Wildman–Crippen LogP) is -0.650. The fourth-order valence-electron chi connectivity index (χ4n) is 1.05. The van der Waals surface area contributed by atoms with Gasteiger partial charge in [0, 0.05) is 6.54 Å². The van der Waals surface area contributed by atoms with Crippen LogP contribution in [0.2, 0.25) is 0 Å². The second kappa shape index (κ2) is 4.78. The van der Waals surface area contributed by atoms with Crippen molar-refractivity contribution in [1.82, 2.24) is 20.1 Å². The largest absolute Gasteiger partial charge is 0.340 e. The van der Waals surface area contributed by atoms with E-state index >= 15 is 0 Å². The van der Waals surface area contributed by atoms with Gasteiger partial charge in [0.25, 0.3) is 0 Å². The van der Waals surface area contributed by atoms with E-state index in [9.17, 15) is 9.90 Å². The summed E-state index contributed by atoms with van der Waals surface area (Å²) in [6, 6.07) is 0. The van der Waals surface area contributed by atoms with Crippen molar-refractivity contribution in [3.63, 3.8) is 0 Å². The van der Waals surface area contributed by atoms with E-state index in [0.717, 1.165) is 6.54 Å². The van der Waals surface area contributed by atoms with E-state index in [0.29, 0.717) is 18.8 Å². The summed E-state index contributed by atoms with van der Waals surface area (Å²) in [4.78, 5) is 15.1. The summed E-state index contributed by atoms with van der Waals surface area (Å²) in [6.45, 7) is 1.21. The molecule has 0 saturated carbocycles. The molecule has 0 aliphatic heterocycles. The maximum Gasteiger partial charge on any atom is 0.340 e. The molecule has 73 valence electrons. The fraction of sp³-hybridized carbons (Fsp3) is 0.714. The van der Waals surface area contributed by atoms with E-state index < -0.39 is 0 Å². The highest BCUT2D eigenvalue weighted by Gasteiger charge is 2.02. The highest BCUT2D eigenvalue weighted by Crippen LogP contribution is 1.93. The lowest BCUT2D eigenvalue weighted by Crippen LogP contribution is -2.20. The van der Waals surface area contributed by atoms with Gasteiger partial charge < -0.3 is 0 Å². The van der Waals surface area contributed by atoms with E-state index in [1.807, 2.05) is 11.9 Å². The molecular formula is C7H13N4O2. The average Bonchev–Trinajstić information content (AvgIpc) is 2.48. The summed E-state index contributed by atoms with van der Waals surface area (Å²) in [7, 11) is 1.88. The number of nitrogens with zero attached hydrogens (tertiary/aromatic N) is 2. The van der Waals surface area contributed by atoms with Gasteiger partial charge in [-0.25, -0.2) is 15.0 Å². The highest BCUT2D eigenvalue weighted by molar-refractivity contribution is 4.79. The van der Waals surface area contributed by atoms with Gasteiger partial charge in [-0.05, 0) is 13.5 Å². The molecule has 1 aromatic heterocycles. The zero-order valence-corrected chi connectivity index (χ0v) is 7.54. The quantitative estimate of drug-likeness (QED) is 0.639. The molecule has 0 spiro atoms. The van der Waals surface area contributed by atoms with Crippen LogP contribution >= 0.6 is 0 Å². The molecule has 1 radical (unpaired) electrons. The Bertz CT molecular complexity index is 293. The van der Waals surface area contributed by atoms with Gasteiger partial charge in [-0.2, -0.15) is 5.10 Å². The number of nitrogens with one attached hydrogen (secondary N) is 2. The van der Waals surface area contributed by atoms with Crippen LogP contribution in [0.25, 0.3) is 0 Å². The third kappa shape index (κ3) is 3.39. The van der Waals surface area contributed by atoms with Crippen LogP contribution in [0.1, 0.15) is 12.2 Å². The van der Waals surface area contributed by atoms with E-state index in [-0.39, 0.29) is 12.3 Å². The first-order chi connectivity index (χ1) is 6.22. The molecule has 0 aliphatic carbocycles. The average molecular weight is 185 g/mol. The summed E-state index contributed by atoms with van der Waals surface area (Å²) in [5.74, 6) is 0.596. The van der Waals surface area contributed by atoms with Gasteiger partial charge in [0.1, 0.15) is 5.82 Å². The van der Waals surface area contributed by atoms with E-state index in [1.165, 1.54) is 0 Å². The van der Waals surface area contributed by atoms with E-state index in [1.54, 1.807) is 0 Å². The number of rotatable bonds is 5. The first-order valence-corrected chi connectivity index (χ1v) is 4.12. The van der Waals surface area contributed by atoms with Gasteiger partial charge >= 0.3 is 5.69 Å². The molecule has 0 bridgehead atoms. The van der Waals surface area contributed by atoms with Gasteiger partial charge in [0.2, 0.25) is 0 Å². The Morgan fingerprint density at radius 3 is 2.85 bits per heavy atom. The Hall–Kier alpha value is -1.14. The molecule has 0 saturated heterocycles. The predicted molar refractivity (Wildman–Crippen MR) is 45.7 cm³/mol. The molecule has 1 aromatic rings. The summed E-state index contributed by atoms with van der Waals surface area (Å²) in [6.07, 6.45) is 0.616. The third-order valence-corrected chi connectivity index (χ3v) is 1.65. The van der Waals surface area contributed by atoms with Crippen LogP contribution in [0.4, 0.5) is 0 Å². The Balaban J connectivity index is 2.36. The van der Waals surface area contributed by atoms with Gasteiger partial charge in [0.05, 0.1) is 13.2 Å². The number of aromatic nitrogens is 3. The molecule has 13 heavy (non-hydrogen) atoms. The maximum atomic E-state index is 10.6. The van der Waals surface area contributed by atoms with Crippen molar-refractivity contribution in [1.29, 1.82) is 0 Å². The fourth-order valence-corrected chi connectivity index (χ4v) is 1.05. The molecule has 0 atom stereocenters. The number of hydrogen-bond donors (Lipinski definition) is 2. The van der Waals surface area contributed by atoms with Crippen molar-refractivity contribution < 1.29 is 5.11 Å². The second-order valence-electron chi connectivity index (χ2n) is 2.92. The minimum atomic E-state index is -0.299. The number of aromatic amines is 2. The minimum absolute atomic E-state index is 0.0680. The maximum absolute atomic E-state index is 10.6. The van der Waals surface area contributed by atoms with Crippen LogP contribution in [0.3, 0.4) is 0 Å². The van der Waals surface area contributed by atoms with Gasteiger partial charge in [-0.15, -0.1) is 0 Å². The van der Waals surface area contributed by atoms with Crippen molar-refractivity contribution >= 4 is 0 Å². The van der Waals surface area contributed by atoms with Crippen LogP contribution in [0, 0.1) is 0 Å². The van der Waals surface area contributed by atoms with Crippen molar-refractivity contribution in [3.05, 3.63) is 16.3 Å². The van der Waals surface area contributed by atoms with Crippen molar-refractivity contribution in [2.45, 2.75) is 13.0 Å². The number of H-pyrrole nitrogens is 2. The van der Waals surface area contributed by atoms with Crippen molar-refractivity contribution in [3.8, 4) is 0 Å². The van der Waals surface area contributed by atoms with Crippen LogP contribution in [0.5, 0.6) is 0 Å². The van der Waals surface area contributed by atoms with Gasteiger partial charge in [-0.3, -0.25) is 9.88 Å². The zero-order chi connectivity index (χ0) is 9.68. The molecule has 6 heteroatoms. The molecule has 1 rings (SSSR count). The molecule has 0 amide bonds. The third-order valence-electron chi connectivity index (χ3n) is 1.65. The van der Waals surface area contributed by atoms with Gasteiger partial charge in [0.15, 0.2) is 0 Å². The van der Waals surface area contributed by atoms with Gasteiger partial charge in [-0.1, -0.05) is 0 Å². The summed E-state index contributed by atoms with van der Waals surface area (Å²) >= 11 is 0. The Kier molecular flexibility index (Phi) is 3.66. The molecule has 0 fully saturated rings. The van der Waals surface area contributed by atoms with E-state index in [4.69, 9.17) is 0 Å². The smallest absolute Gasteiger partial charge is 0.299 e. The normalized spacial score (nSPS) is 11.0. The molecule has 0 aliphatic rings. The molecule has 0 unspecified atom stereocenters. The topological polar surface area (TPSA) is 84.7 Å². The van der Waals surface area contributed by atoms with Crippen molar-refractivity contribution in [2.24, 2.45) is 0 Å². The summed E-state index contributed by atoms with van der Waals surface area (Å²) in [5, 5.41) is 16.2. The SMILES string of the molecule is CN(CCC[O])Cc1n[nH]c(=O)[nH]1. The molecule has 0 aromatic carbocycles. The number of hydrogen-bond acceptors (Lipinski definition) is 3.